The van der Waals surface area contributed by atoms with E-state index in [0.29, 0.717) is 16.9 Å². The highest BCUT2D eigenvalue weighted by Crippen LogP contribution is 2.38. The number of hydrogen-bond acceptors (Lipinski definition) is 4. The molecule has 148 valence electrons. The number of H-pyrrole nitrogens is 1. The second-order valence-electron chi connectivity index (χ2n) is 6.69. The molecule has 1 aromatic carbocycles. The lowest BCUT2D eigenvalue weighted by molar-refractivity contribution is 0.102. The molecule has 6 nitrogen and oxygen atoms in total. The van der Waals surface area contributed by atoms with Crippen LogP contribution in [0.25, 0.3) is 11.0 Å². The molecular weight excluding hydrogens is 449 g/mol. The van der Waals surface area contributed by atoms with Gasteiger partial charge in [-0.2, -0.15) is 0 Å². The fourth-order valence-corrected chi connectivity index (χ4v) is 4.02. The van der Waals surface area contributed by atoms with Crippen LogP contribution in [0.15, 0.2) is 41.1 Å². The maximum atomic E-state index is 13.1. The van der Waals surface area contributed by atoms with Gasteiger partial charge in [0.2, 0.25) is 0 Å². The summed E-state index contributed by atoms with van der Waals surface area (Å²) in [6, 6.07) is 5.56. The summed E-state index contributed by atoms with van der Waals surface area (Å²) in [5.41, 5.74) is 8.82. The van der Waals surface area contributed by atoms with Gasteiger partial charge < -0.3 is 20.9 Å². The van der Waals surface area contributed by atoms with E-state index in [2.05, 4.69) is 36.1 Å². The van der Waals surface area contributed by atoms with E-state index in [-0.39, 0.29) is 30.2 Å². The highest BCUT2D eigenvalue weighted by molar-refractivity contribution is 9.10. The van der Waals surface area contributed by atoms with Crippen molar-refractivity contribution < 1.29 is 9.18 Å². The number of rotatable bonds is 3. The Hall–Kier alpha value is -2.16. The van der Waals surface area contributed by atoms with Crippen molar-refractivity contribution in [2.24, 2.45) is 5.73 Å². The molecule has 1 aliphatic heterocycles. The van der Waals surface area contributed by atoms with Crippen molar-refractivity contribution in [2.45, 2.75) is 18.9 Å². The van der Waals surface area contributed by atoms with Gasteiger partial charge in [-0.3, -0.25) is 4.79 Å². The third kappa shape index (κ3) is 3.99. The number of nitrogens with two attached hydrogens (primary N) is 1. The summed E-state index contributed by atoms with van der Waals surface area (Å²) in [5, 5.41) is 3.73. The van der Waals surface area contributed by atoms with Crippen LogP contribution >= 0.6 is 28.3 Å². The Morgan fingerprint density at radius 3 is 2.82 bits per heavy atom. The Bertz CT molecular complexity index is 994. The Kier molecular flexibility index (Phi) is 6.22. The van der Waals surface area contributed by atoms with Gasteiger partial charge in [0.05, 0.1) is 21.2 Å². The number of amides is 1. The van der Waals surface area contributed by atoms with Gasteiger partial charge in [-0.25, -0.2) is 9.37 Å². The molecule has 4 N–H and O–H groups in total. The summed E-state index contributed by atoms with van der Waals surface area (Å²) in [4.78, 5) is 22.3. The van der Waals surface area contributed by atoms with Crippen LogP contribution in [0.2, 0.25) is 0 Å². The van der Waals surface area contributed by atoms with E-state index in [9.17, 15) is 9.18 Å². The summed E-state index contributed by atoms with van der Waals surface area (Å²) in [6.07, 6.45) is 5.49. The zero-order valence-electron chi connectivity index (χ0n) is 14.9. The van der Waals surface area contributed by atoms with Crippen LogP contribution in [0.1, 0.15) is 23.2 Å². The van der Waals surface area contributed by atoms with Gasteiger partial charge in [-0.15, -0.1) is 12.4 Å². The van der Waals surface area contributed by atoms with Gasteiger partial charge in [0.25, 0.3) is 5.91 Å². The van der Waals surface area contributed by atoms with Crippen molar-refractivity contribution in [3.8, 4) is 0 Å². The molecule has 0 radical (unpaired) electrons. The summed E-state index contributed by atoms with van der Waals surface area (Å²) in [7, 11) is 0. The smallest absolute Gasteiger partial charge is 0.255 e. The van der Waals surface area contributed by atoms with Gasteiger partial charge in [-0.05, 0) is 53.0 Å². The molecule has 9 heteroatoms. The first-order valence-corrected chi connectivity index (χ1v) is 9.55. The lowest BCUT2D eigenvalue weighted by Crippen LogP contribution is -2.43. The molecule has 1 saturated heterocycles. The van der Waals surface area contributed by atoms with Crippen LogP contribution in [0.5, 0.6) is 0 Å². The minimum Gasteiger partial charge on any atom is -0.368 e. The number of halogens is 3. The summed E-state index contributed by atoms with van der Waals surface area (Å²) < 4.78 is 14.0. The fourth-order valence-electron chi connectivity index (χ4n) is 3.47. The monoisotopic (exact) mass is 467 g/mol. The van der Waals surface area contributed by atoms with Crippen LogP contribution in [-0.4, -0.2) is 35.0 Å². The van der Waals surface area contributed by atoms with E-state index in [1.807, 2.05) is 0 Å². The number of hydrogen-bond donors (Lipinski definition) is 3. The van der Waals surface area contributed by atoms with Crippen LogP contribution < -0.4 is 16.0 Å². The Morgan fingerprint density at radius 1 is 1.36 bits per heavy atom. The predicted molar refractivity (Wildman–Crippen MR) is 115 cm³/mol. The summed E-state index contributed by atoms with van der Waals surface area (Å²) in [6.45, 7) is 1.64. The maximum absolute atomic E-state index is 13.1. The third-order valence-electron chi connectivity index (χ3n) is 4.76. The van der Waals surface area contributed by atoms with E-state index in [0.717, 1.165) is 41.5 Å². The van der Waals surface area contributed by atoms with Gasteiger partial charge in [0.15, 0.2) is 0 Å². The first kappa shape index (κ1) is 20.6. The average molecular weight is 469 g/mol. The molecule has 1 amide bonds. The number of aromatic nitrogens is 2. The van der Waals surface area contributed by atoms with Crippen molar-refractivity contribution in [3.05, 3.63) is 52.5 Å². The number of nitrogens with one attached hydrogen (secondary N) is 2. The van der Waals surface area contributed by atoms with Crippen LogP contribution in [0.3, 0.4) is 0 Å². The molecule has 1 aliphatic rings. The van der Waals surface area contributed by atoms with Gasteiger partial charge in [-0.1, -0.05) is 0 Å². The Morgan fingerprint density at radius 2 is 2.11 bits per heavy atom. The quantitative estimate of drug-likeness (QED) is 0.541. The minimum atomic E-state index is -0.379. The molecular formula is C19H20BrClFN5O. The summed E-state index contributed by atoms with van der Waals surface area (Å²) in [5.74, 6) is -0.687. The zero-order chi connectivity index (χ0) is 19.0. The number of fused-ring (bicyclic) bond motifs is 1. The van der Waals surface area contributed by atoms with E-state index in [4.69, 9.17) is 5.73 Å². The van der Waals surface area contributed by atoms with Crippen molar-refractivity contribution in [3.63, 3.8) is 0 Å². The molecule has 0 bridgehead atoms. The van der Waals surface area contributed by atoms with E-state index in [1.165, 1.54) is 24.3 Å². The molecule has 0 aliphatic carbocycles. The molecule has 2 aromatic heterocycles. The van der Waals surface area contributed by atoms with Gasteiger partial charge in [0.1, 0.15) is 11.5 Å². The molecule has 0 spiro atoms. The largest absolute Gasteiger partial charge is 0.368 e. The van der Waals surface area contributed by atoms with Gasteiger partial charge >= 0.3 is 0 Å². The number of piperidine rings is 1. The van der Waals surface area contributed by atoms with E-state index < -0.39 is 0 Å². The normalized spacial score (nSPS) is 16.7. The lowest BCUT2D eigenvalue weighted by Gasteiger charge is -2.33. The first-order chi connectivity index (χ1) is 13.0. The predicted octanol–water partition coefficient (Wildman–Crippen LogP) is 4.07. The van der Waals surface area contributed by atoms with E-state index >= 15 is 0 Å². The number of benzene rings is 1. The van der Waals surface area contributed by atoms with Crippen molar-refractivity contribution in [1.82, 2.24) is 9.97 Å². The van der Waals surface area contributed by atoms with Crippen molar-refractivity contribution in [1.29, 1.82) is 0 Å². The zero-order valence-corrected chi connectivity index (χ0v) is 17.3. The molecule has 1 fully saturated rings. The van der Waals surface area contributed by atoms with Gasteiger partial charge in [0, 0.05) is 37.1 Å². The minimum absolute atomic E-state index is 0. The molecule has 3 aromatic rings. The average Bonchev–Trinajstić information content (AvgIpc) is 3.05. The molecule has 0 unspecified atom stereocenters. The van der Waals surface area contributed by atoms with Crippen LogP contribution in [-0.2, 0) is 0 Å². The standard InChI is InChI=1S/C19H19BrFN5O.ClH/c20-14-8-23-18-16(17(14)26-7-1-2-13(22)10-26)15(9-24-18)25-19(27)11-3-5-12(21)6-4-11;/h3-6,8-9,13H,1-2,7,10,22H2,(H,23,24)(H,25,27);1H/t13-;/m1./s1. The molecule has 4 rings (SSSR count). The Labute approximate surface area is 176 Å². The highest BCUT2D eigenvalue weighted by atomic mass is 79.9. The number of anilines is 2. The van der Waals surface area contributed by atoms with E-state index in [1.54, 1.807) is 12.4 Å². The first-order valence-electron chi connectivity index (χ1n) is 8.76. The van der Waals surface area contributed by atoms with Crippen molar-refractivity contribution in [2.75, 3.05) is 23.3 Å². The SMILES string of the molecule is Cl.N[C@@H]1CCCN(c2c(Br)cnc3[nH]cc(NC(=O)c4ccc(F)cc4)c23)C1. The highest BCUT2D eigenvalue weighted by Gasteiger charge is 2.24. The molecule has 0 saturated carbocycles. The number of pyridine rings is 1. The second-order valence-corrected chi connectivity index (χ2v) is 7.54. The topological polar surface area (TPSA) is 87.0 Å². The summed E-state index contributed by atoms with van der Waals surface area (Å²) >= 11 is 3.60. The Balaban J connectivity index is 0.00000225. The molecule has 3 heterocycles. The number of carbonyl (C=O) groups is 1. The van der Waals surface area contributed by atoms with Crippen LogP contribution in [0, 0.1) is 5.82 Å². The fraction of sp³-hybridized carbons (Fsp3) is 0.263. The molecule has 28 heavy (non-hydrogen) atoms. The van der Waals surface area contributed by atoms with Crippen molar-refractivity contribution >= 4 is 56.7 Å². The number of carbonyl (C=O) groups excluding carboxylic acids is 1. The third-order valence-corrected chi connectivity index (χ3v) is 5.34. The maximum Gasteiger partial charge on any atom is 0.255 e. The second kappa shape index (κ2) is 8.46. The number of aromatic amines is 1. The van der Waals surface area contributed by atoms with Crippen LogP contribution in [0.4, 0.5) is 15.8 Å². The number of nitrogens with zero attached hydrogens (tertiary/aromatic N) is 2. The lowest BCUT2D eigenvalue weighted by atomic mass is 10.1. The molecule has 1 atom stereocenters.